The van der Waals surface area contributed by atoms with E-state index in [1.54, 1.807) is 0 Å². The zero-order valence-electron chi connectivity index (χ0n) is 12.4. The molecule has 1 saturated carbocycles. The fraction of sp³-hybridized carbons (Fsp3) is 0.647. The van der Waals surface area contributed by atoms with Gasteiger partial charge in [0.15, 0.2) is 0 Å². The molecule has 1 aromatic rings. The van der Waals surface area contributed by atoms with Crippen molar-refractivity contribution < 1.29 is 8.78 Å². The van der Waals surface area contributed by atoms with Gasteiger partial charge in [-0.1, -0.05) is 25.3 Å². The lowest BCUT2D eigenvalue weighted by molar-refractivity contribution is 0.216. The minimum atomic E-state index is -0.490. The zero-order valence-corrected chi connectivity index (χ0v) is 12.4. The molecule has 2 N–H and O–H groups in total. The predicted molar refractivity (Wildman–Crippen MR) is 81.4 cm³/mol. The highest BCUT2D eigenvalue weighted by atomic mass is 19.1. The summed E-state index contributed by atoms with van der Waals surface area (Å²) in [6.45, 7) is 1.07. The van der Waals surface area contributed by atoms with Crippen LogP contribution in [0.4, 0.5) is 14.5 Å². The van der Waals surface area contributed by atoms with Crippen LogP contribution in [0.2, 0.25) is 0 Å². The molecular weight excluding hydrogens is 270 g/mol. The summed E-state index contributed by atoms with van der Waals surface area (Å²) in [5.41, 5.74) is 0.0465. The zero-order chi connectivity index (χ0) is 14.7. The van der Waals surface area contributed by atoms with Crippen molar-refractivity contribution in [1.82, 2.24) is 5.32 Å². The second kappa shape index (κ2) is 6.73. The van der Waals surface area contributed by atoms with Crippen molar-refractivity contribution in [1.29, 1.82) is 0 Å². The summed E-state index contributed by atoms with van der Waals surface area (Å²) < 4.78 is 27.7. The molecule has 3 unspecified atom stereocenters. The molecule has 3 rings (SSSR count). The summed E-state index contributed by atoms with van der Waals surface area (Å²) >= 11 is 0. The van der Waals surface area contributed by atoms with Crippen molar-refractivity contribution in [2.75, 3.05) is 11.9 Å². The minimum absolute atomic E-state index is 0.0465. The van der Waals surface area contributed by atoms with Gasteiger partial charge in [0, 0.05) is 12.1 Å². The van der Waals surface area contributed by atoms with E-state index >= 15 is 0 Å². The molecule has 1 heterocycles. The van der Waals surface area contributed by atoms with E-state index in [4.69, 9.17) is 0 Å². The number of anilines is 1. The molecule has 116 valence electrons. The van der Waals surface area contributed by atoms with Crippen LogP contribution in [0, 0.1) is 17.6 Å². The van der Waals surface area contributed by atoms with E-state index in [1.807, 2.05) is 0 Å². The van der Waals surface area contributed by atoms with E-state index in [-0.39, 0.29) is 11.7 Å². The van der Waals surface area contributed by atoms with Gasteiger partial charge in [-0.25, -0.2) is 8.78 Å². The summed E-state index contributed by atoms with van der Waals surface area (Å²) in [4.78, 5) is 0. The maximum Gasteiger partial charge on any atom is 0.149 e. The molecule has 2 aliphatic rings. The number of piperidine rings is 1. The van der Waals surface area contributed by atoms with Crippen molar-refractivity contribution in [3.8, 4) is 0 Å². The van der Waals surface area contributed by atoms with Crippen LogP contribution in [0.15, 0.2) is 18.2 Å². The first-order valence-electron chi connectivity index (χ1n) is 8.19. The Morgan fingerprint density at radius 2 is 1.67 bits per heavy atom. The van der Waals surface area contributed by atoms with Gasteiger partial charge < -0.3 is 10.6 Å². The lowest BCUT2D eigenvalue weighted by Crippen LogP contribution is -2.48. The summed E-state index contributed by atoms with van der Waals surface area (Å²) in [6, 6.07) is 4.72. The first-order chi connectivity index (χ1) is 10.3. The van der Waals surface area contributed by atoms with Crippen LogP contribution in [-0.4, -0.2) is 18.6 Å². The Morgan fingerprint density at radius 1 is 0.952 bits per heavy atom. The summed E-state index contributed by atoms with van der Waals surface area (Å²) in [5.74, 6) is -0.509. The van der Waals surface area contributed by atoms with Crippen LogP contribution in [0.3, 0.4) is 0 Å². The minimum Gasteiger partial charge on any atom is -0.377 e. The SMILES string of the molecule is Fc1cccc(F)c1NC1CCCCC1C1CCCCN1. The van der Waals surface area contributed by atoms with E-state index in [0.717, 1.165) is 25.8 Å². The maximum absolute atomic E-state index is 13.9. The standard InChI is InChI=1S/C17H24F2N2/c18-13-7-5-8-14(19)17(13)21-16-10-2-1-6-12(16)15-9-3-4-11-20-15/h5,7-8,12,15-16,20-21H,1-4,6,9-11H2. The molecule has 1 saturated heterocycles. The smallest absolute Gasteiger partial charge is 0.149 e. The summed E-state index contributed by atoms with van der Waals surface area (Å²) in [5, 5.41) is 6.78. The summed E-state index contributed by atoms with van der Waals surface area (Å²) in [6.07, 6.45) is 8.18. The molecule has 21 heavy (non-hydrogen) atoms. The Bertz CT molecular complexity index is 452. The number of hydrogen-bond acceptors (Lipinski definition) is 2. The second-order valence-corrected chi connectivity index (χ2v) is 6.35. The fourth-order valence-corrected chi connectivity index (χ4v) is 3.89. The van der Waals surface area contributed by atoms with Crippen LogP contribution in [0.1, 0.15) is 44.9 Å². The topological polar surface area (TPSA) is 24.1 Å². The van der Waals surface area contributed by atoms with E-state index in [9.17, 15) is 8.78 Å². The Kier molecular flexibility index (Phi) is 4.73. The largest absolute Gasteiger partial charge is 0.377 e. The molecule has 0 aromatic heterocycles. The number of benzene rings is 1. The van der Waals surface area contributed by atoms with Crippen LogP contribution in [0.5, 0.6) is 0 Å². The number of rotatable bonds is 3. The lowest BCUT2D eigenvalue weighted by atomic mass is 9.77. The van der Waals surface area contributed by atoms with Gasteiger partial charge in [0.05, 0.1) is 0 Å². The van der Waals surface area contributed by atoms with Crippen molar-refractivity contribution in [3.05, 3.63) is 29.8 Å². The molecule has 0 spiro atoms. The average molecular weight is 294 g/mol. The van der Waals surface area contributed by atoms with Gasteiger partial charge in [-0.3, -0.25) is 0 Å². The Balaban J connectivity index is 1.74. The van der Waals surface area contributed by atoms with Crippen LogP contribution < -0.4 is 10.6 Å². The highest BCUT2D eigenvalue weighted by Gasteiger charge is 2.33. The van der Waals surface area contributed by atoms with Gasteiger partial charge in [0.1, 0.15) is 17.3 Å². The quantitative estimate of drug-likeness (QED) is 0.878. The predicted octanol–water partition coefficient (Wildman–Crippen LogP) is 4.08. The molecule has 0 amide bonds. The molecule has 1 aliphatic heterocycles. The average Bonchev–Trinajstić information content (AvgIpc) is 2.52. The van der Waals surface area contributed by atoms with Crippen LogP contribution in [0.25, 0.3) is 0 Å². The van der Waals surface area contributed by atoms with Crippen molar-refractivity contribution in [3.63, 3.8) is 0 Å². The van der Waals surface area contributed by atoms with Gasteiger partial charge in [0.25, 0.3) is 0 Å². The Hall–Kier alpha value is -1.16. The van der Waals surface area contributed by atoms with Gasteiger partial charge in [-0.2, -0.15) is 0 Å². The Morgan fingerprint density at radius 3 is 2.38 bits per heavy atom. The first-order valence-corrected chi connectivity index (χ1v) is 8.19. The molecule has 1 aliphatic carbocycles. The Labute approximate surface area is 125 Å². The van der Waals surface area contributed by atoms with Gasteiger partial charge in [0.2, 0.25) is 0 Å². The molecule has 1 aromatic carbocycles. The van der Waals surface area contributed by atoms with Gasteiger partial charge >= 0.3 is 0 Å². The van der Waals surface area contributed by atoms with Crippen LogP contribution in [-0.2, 0) is 0 Å². The third-order valence-corrected chi connectivity index (χ3v) is 4.98. The lowest BCUT2D eigenvalue weighted by Gasteiger charge is -2.40. The highest BCUT2D eigenvalue weighted by Crippen LogP contribution is 2.33. The van der Waals surface area contributed by atoms with Gasteiger partial charge in [-0.05, 0) is 50.3 Å². The molecular formula is C17H24F2N2. The third kappa shape index (κ3) is 3.37. The maximum atomic E-state index is 13.9. The highest BCUT2D eigenvalue weighted by molar-refractivity contribution is 5.47. The normalized spacial score (nSPS) is 30.1. The van der Waals surface area contributed by atoms with E-state index < -0.39 is 11.6 Å². The van der Waals surface area contributed by atoms with E-state index in [1.165, 1.54) is 43.9 Å². The van der Waals surface area contributed by atoms with Crippen LogP contribution >= 0.6 is 0 Å². The second-order valence-electron chi connectivity index (χ2n) is 6.35. The van der Waals surface area contributed by atoms with Crippen molar-refractivity contribution >= 4 is 5.69 Å². The number of halogens is 2. The van der Waals surface area contributed by atoms with Crippen molar-refractivity contribution in [2.45, 2.75) is 57.0 Å². The fourth-order valence-electron chi connectivity index (χ4n) is 3.89. The van der Waals surface area contributed by atoms with Crippen molar-refractivity contribution in [2.24, 2.45) is 5.92 Å². The summed E-state index contributed by atoms with van der Waals surface area (Å²) in [7, 11) is 0. The molecule has 0 radical (unpaired) electrons. The monoisotopic (exact) mass is 294 g/mol. The van der Waals surface area contributed by atoms with E-state index in [2.05, 4.69) is 10.6 Å². The first kappa shape index (κ1) is 14.8. The molecule has 0 bridgehead atoms. The van der Waals surface area contributed by atoms with Gasteiger partial charge in [-0.15, -0.1) is 0 Å². The molecule has 3 atom stereocenters. The van der Waals surface area contributed by atoms with E-state index in [0.29, 0.717) is 12.0 Å². The molecule has 2 fully saturated rings. The number of nitrogens with one attached hydrogen (secondary N) is 2. The molecule has 2 nitrogen and oxygen atoms in total. The molecule has 4 heteroatoms. The number of hydrogen-bond donors (Lipinski definition) is 2. The number of para-hydroxylation sites is 1. The third-order valence-electron chi connectivity index (χ3n) is 4.98.